The van der Waals surface area contributed by atoms with Crippen LogP contribution >= 0.6 is 11.6 Å². The summed E-state index contributed by atoms with van der Waals surface area (Å²) in [6, 6.07) is 2.69. The van der Waals surface area contributed by atoms with Crippen LogP contribution in [0.2, 0.25) is 5.02 Å². The van der Waals surface area contributed by atoms with E-state index in [9.17, 15) is 13.2 Å². The number of carbonyl (C=O) groups excluding carboxylic acids is 1. The molecule has 0 aliphatic carbocycles. The summed E-state index contributed by atoms with van der Waals surface area (Å²) in [5, 5.41) is 0.320. The van der Waals surface area contributed by atoms with E-state index in [1.165, 1.54) is 12.1 Å². The molecule has 1 rings (SSSR count). The number of halogens is 1. The molecule has 20 heavy (non-hydrogen) atoms. The summed E-state index contributed by atoms with van der Waals surface area (Å²) in [6.07, 6.45) is -0.117. The van der Waals surface area contributed by atoms with Gasteiger partial charge in [-0.25, -0.2) is 13.1 Å². The fourth-order valence-corrected chi connectivity index (χ4v) is 3.45. The molecular formula is C12H18ClN3O3S. The summed E-state index contributed by atoms with van der Waals surface area (Å²) in [5.74, 6) is -0.593. The van der Waals surface area contributed by atoms with Crippen LogP contribution < -0.4 is 16.2 Å². The third-order valence-electron chi connectivity index (χ3n) is 2.59. The zero-order valence-electron chi connectivity index (χ0n) is 11.5. The quantitative estimate of drug-likeness (QED) is 0.706. The Balaban J connectivity index is 3.15. The number of amides is 1. The molecule has 112 valence electrons. The molecular weight excluding hydrogens is 302 g/mol. The van der Waals surface area contributed by atoms with Crippen LogP contribution in [0.25, 0.3) is 0 Å². The molecule has 0 radical (unpaired) electrons. The monoisotopic (exact) mass is 319 g/mol. The van der Waals surface area contributed by atoms with Gasteiger partial charge in [0.05, 0.1) is 15.6 Å². The summed E-state index contributed by atoms with van der Waals surface area (Å²) in [7, 11) is -3.82. The van der Waals surface area contributed by atoms with Crippen molar-refractivity contribution in [1.29, 1.82) is 0 Å². The minimum Gasteiger partial charge on any atom is -0.397 e. The van der Waals surface area contributed by atoms with Gasteiger partial charge in [-0.3, -0.25) is 4.79 Å². The van der Waals surface area contributed by atoms with Gasteiger partial charge in [0, 0.05) is 12.0 Å². The van der Waals surface area contributed by atoms with Gasteiger partial charge < -0.3 is 11.5 Å². The lowest BCUT2D eigenvalue weighted by Gasteiger charge is -2.24. The second-order valence-electron chi connectivity index (χ2n) is 5.28. The van der Waals surface area contributed by atoms with Crippen molar-refractivity contribution in [3.63, 3.8) is 0 Å². The largest absolute Gasteiger partial charge is 0.397 e. The molecule has 0 atom stereocenters. The van der Waals surface area contributed by atoms with E-state index < -0.39 is 21.5 Å². The number of hydrogen-bond acceptors (Lipinski definition) is 4. The predicted molar refractivity (Wildman–Crippen MR) is 78.8 cm³/mol. The molecule has 0 unspecified atom stereocenters. The Morgan fingerprint density at radius 2 is 1.95 bits per heavy atom. The third-order valence-corrected chi connectivity index (χ3v) is 4.79. The molecule has 5 N–H and O–H groups in total. The van der Waals surface area contributed by atoms with Gasteiger partial charge in [-0.15, -0.1) is 0 Å². The second kappa shape index (κ2) is 5.59. The van der Waals surface area contributed by atoms with Crippen molar-refractivity contribution in [2.45, 2.75) is 37.6 Å². The average Bonchev–Trinajstić information content (AvgIpc) is 2.21. The standard InChI is InChI=1S/C12H18ClN3O3S/c1-7-4-8(5-9(14)11(7)13)20(18,19)16-12(2,3)6-10(15)17/h4-5,16H,6,14H2,1-3H3,(H2,15,17). The SMILES string of the molecule is Cc1cc(S(=O)(=O)NC(C)(C)CC(N)=O)cc(N)c1Cl. The summed E-state index contributed by atoms with van der Waals surface area (Å²) in [6.45, 7) is 4.80. The Morgan fingerprint density at radius 1 is 1.40 bits per heavy atom. The molecule has 0 aliphatic rings. The number of nitrogens with two attached hydrogens (primary N) is 2. The first kappa shape index (κ1) is 16.7. The molecule has 0 aliphatic heterocycles. The number of sulfonamides is 1. The minimum atomic E-state index is -3.82. The van der Waals surface area contributed by atoms with Crippen molar-refractivity contribution >= 4 is 33.2 Å². The van der Waals surface area contributed by atoms with Gasteiger partial charge in [0.1, 0.15) is 0 Å². The lowest BCUT2D eigenvalue weighted by atomic mass is 10.0. The number of primary amides is 1. The van der Waals surface area contributed by atoms with E-state index in [-0.39, 0.29) is 17.0 Å². The predicted octanol–water partition coefficient (Wildman–Crippen LogP) is 1.16. The minimum absolute atomic E-state index is 0.00514. The summed E-state index contributed by atoms with van der Waals surface area (Å²) in [4.78, 5) is 10.9. The van der Waals surface area contributed by atoms with Crippen LogP contribution in [-0.4, -0.2) is 19.9 Å². The van der Waals surface area contributed by atoms with E-state index in [0.29, 0.717) is 10.6 Å². The first-order valence-electron chi connectivity index (χ1n) is 5.82. The van der Waals surface area contributed by atoms with E-state index in [0.717, 1.165) is 0 Å². The highest BCUT2D eigenvalue weighted by molar-refractivity contribution is 7.89. The normalized spacial score (nSPS) is 12.4. The Hall–Kier alpha value is -1.31. The van der Waals surface area contributed by atoms with Gasteiger partial charge in [-0.05, 0) is 38.5 Å². The number of nitrogens with one attached hydrogen (secondary N) is 1. The molecule has 1 aromatic carbocycles. The maximum absolute atomic E-state index is 12.3. The van der Waals surface area contributed by atoms with E-state index >= 15 is 0 Å². The molecule has 6 nitrogen and oxygen atoms in total. The Labute approximate surface area is 123 Å². The number of nitrogen functional groups attached to an aromatic ring is 1. The van der Waals surface area contributed by atoms with Gasteiger partial charge in [0.25, 0.3) is 0 Å². The van der Waals surface area contributed by atoms with Crippen molar-refractivity contribution in [3.05, 3.63) is 22.7 Å². The van der Waals surface area contributed by atoms with E-state index in [1.54, 1.807) is 20.8 Å². The van der Waals surface area contributed by atoms with Crippen LogP contribution in [0.3, 0.4) is 0 Å². The van der Waals surface area contributed by atoms with Crippen molar-refractivity contribution in [2.75, 3.05) is 5.73 Å². The number of rotatable bonds is 5. The number of aryl methyl sites for hydroxylation is 1. The average molecular weight is 320 g/mol. The van der Waals surface area contributed by atoms with Crippen LogP contribution in [-0.2, 0) is 14.8 Å². The summed E-state index contributed by atoms with van der Waals surface area (Å²) >= 11 is 5.90. The van der Waals surface area contributed by atoms with Crippen molar-refractivity contribution in [1.82, 2.24) is 4.72 Å². The van der Waals surface area contributed by atoms with E-state index in [2.05, 4.69) is 4.72 Å². The lowest BCUT2D eigenvalue weighted by molar-refractivity contribution is -0.119. The molecule has 0 fully saturated rings. The number of carbonyl (C=O) groups is 1. The molecule has 0 saturated heterocycles. The number of benzene rings is 1. The molecule has 0 spiro atoms. The molecule has 8 heteroatoms. The highest BCUT2D eigenvalue weighted by atomic mass is 35.5. The number of anilines is 1. The highest BCUT2D eigenvalue weighted by Gasteiger charge is 2.28. The van der Waals surface area contributed by atoms with Crippen LogP contribution in [0.15, 0.2) is 17.0 Å². The molecule has 0 bridgehead atoms. The zero-order chi connectivity index (χ0) is 15.7. The molecule has 0 heterocycles. The Morgan fingerprint density at radius 3 is 2.40 bits per heavy atom. The van der Waals surface area contributed by atoms with Crippen molar-refractivity contribution < 1.29 is 13.2 Å². The van der Waals surface area contributed by atoms with Gasteiger partial charge >= 0.3 is 0 Å². The van der Waals surface area contributed by atoms with Crippen LogP contribution in [0, 0.1) is 6.92 Å². The first-order valence-corrected chi connectivity index (χ1v) is 7.68. The van der Waals surface area contributed by atoms with Gasteiger partial charge in [-0.2, -0.15) is 0 Å². The number of hydrogen-bond donors (Lipinski definition) is 3. The second-order valence-corrected chi connectivity index (χ2v) is 7.34. The highest BCUT2D eigenvalue weighted by Crippen LogP contribution is 2.27. The van der Waals surface area contributed by atoms with Crippen LogP contribution in [0.4, 0.5) is 5.69 Å². The maximum atomic E-state index is 12.3. The van der Waals surface area contributed by atoms with Crippen LogP contribution in [0.1, 0.15) is 25.8 Å². The van der Waals surface area contributed by atoms with E-state index in [1.807, 2.05) is 0 Å². The summed E-state index contributed by atoms with van der Waals surface area (Å²) < 4.78 is 27.0. The Bertz CT molecular complexity index is 618. The van der Waals surface area contributed by atoms with Crippen molar-refractivity contribution in [2.24, 2.45) is 5.73 Å². The lowest BCUT2D eigenvalue weighted by Crippen LogP contribution is -2.45. The topological polar surface area (TPSA) is 115 Å². The van der Waals surface area contributed by atoms with Gasteiger partial charge in [0.2, 0.25) is 15.9 Å². The molecule has 0 aromatic heterocycles. The molecule has 1 amide bonds. The third kappa shape index (κ3) is 4.09. The smallest absolute Gasteiger partial charge is 0.241 e. The zero-order valence-corrected chi connectivity index (χ0v) is 13.1. The van der Waals surface area contributed by atoms with Crippen molar-refractivity contribution in [3.8, 4) is 0 Å². The van der Waals surface area contributed by atoms with Crippen LogP contribution in [0.5, 0.6) is 0 Å². The first-order chi connectivity index (χ1) is 8.94. The van der Waals surface area contributed by atoms with E-state index in [4.69, 9.17) is 23.1 Å². The van der Waals surface area contributed by atoms with Gasteiger partial charge in [-0.1, -0.05) is 11.6 Å². The molecule has 1 aromatic rings. The van der Waals surface area contributed by atoms with Gasteiger partial charge in [0.15, 0.2) is 0 Å². The fraction of sp³-hybridized carbons (Fsp3) is 0.417. The Kier molecular flexibility index (Phi) is 4.68. The maximum Gasteiger partial charge on any atom is 0.241 e. The fourth-order valence-electron chi connectivity index (χ4n) is 1.81. The molecule has 0 saturated carbocycles. The summed E-state index contributed by atoms with van der Waals surface area (Å²) in [5.41, 5.74) is 10.5.